The lowest BCUT2D eigenvalue weighted by molar-refractivity contribution is 0.647. The van der Waals surface area contributed by atoms with Crippen molar-refractivity contribution >= 4 is 11.3 Å². The van der Waals surface area contributed by atoms with Crippen LogP contribution in [-0.4, -0.2) is 4.98 Å². The van der Waals surface area contributed by atoms with Crippen molar-refractivity contribution in [2.45, 2.75) is 20.3 Å². The van der Waals surface area contributed by atoms with Crippen LogP contribution in [0.15, 0.2) is 34.4 Å². The highest BCUT2D eigenvalue weighted by atomic mass is 32.1. The van der Waals surface area contributed by atoms with Crippen LogP contribution in [-0.2, 0) is 6.42 Å². The minimum Gasteiger partial charge on any atom is -0.312 e. The molecule has 0 spiro atoms. The van der Waals surface area contributed by atoms with Crippen LogP contribution in [0, 0.1) is 5.92 Å². The number of benzene rings is 1. The van der Waals surface area contributed by atoms with E-state index in [4.69, 9.17) is 0 Å². The van der Waals surface area contributed by atoms with E-state index in [2.05, 4.69) is 43.1 Å². The predicted molar refractivity (Wildman–Crippen MR) is 68.9 cm³/mol. The Labute approximate surface area is 99.0 Å². The van der Waals surface area contributed by atoms with Gasteiger partial charge >= 0.3 is 4.87 Å². The summed E-state index contributed by atoms with van der Waals surface area (Å²) in [6, 6.07) is 8.39. The summed E-state index contributed by atoms with van der Waals surface area (Å²) in [5.41, 5.74) is 3.33. The molecule has 0 fully saturated rings. The third-order valence-corrected chi connectivity index (χ3v) is 3.10. The van der Waals surface area contributed by atoms with Crippen LogP contribution in [0.25, 0.3) is 11.3 Å². The molecule has 84 valence electrons. The number of hydrogen-bond acceptors (Lipinski definition) is 2. The fraction of sp³-hybridized carbons (Fsp3) is 0.308. The van der Waals surface area contributed by atoms with Gasteiger partial charge in [0, 0.05) is 5.38 Å². The molecule has 0 unspecified atom stereocenters. The molecule has 3 heteroatoms. The maximum Gasteiger partial charge on any atom is 0.304 e. The summed E-state index contributed by atoms with van der Waals surface area (Å²) in [4.78, 5) is 13.9. The largest absolute Gasteiger partial charge is 0.312 e. The Morgan fingerprint density at radius 3 is 2.44 bits per heavy atom. The molecule has 0 saturated carbocycles. The van der Waals surface area contributed by atoms with Crippen molar-refractivity contribution in [1.29, 1.82) is 0 Å². The molecule has 0 saturated heterocycles. The molecule has 0 aliphatic rings. The Kier molecular flexibility index (Phi) is 3.25. The Morgan fingerprint density at radius 2 is 1.94 bits per heavy atom. The van der Waals surface area contributed by atoms with Gasteiger partial charge in [0.15, 0.2) is 0 Å². The number of nitrogens with one attached hydrogen (secondary N) is 1. The molecule has 0 radical (unpaired) electrons. The van der Waals surface area contributed by atoms with Gasteiger partial charge in [-0.05, 0) is 23.5 Å². The summed E-state index contributed by atoms with van der Waals surface area (Å²) in [6.45, 7) is 4.43. The second kappa shape index (κ2) is 4.66. The Bertz CT molecular complexity index is 507. The predicted octanol–water partition coefficient (Wildman–Crippen LogP) is 3.30. The van der Waals surface area contributed by atoms with Gasteiger partial charge in [-0.1, -0.05) is 49.4 Å². The zero-order valence-electron chi connectivity index (χ0n) is 9.49. The molecule has 0 atom stereocenters. The minimum absolute atomic E-state index is 0.00116. The Balaban J connectivity index is 2.22. The van der Waals surface area contributed by atoms with E-state index >= 15 is 0 Å². The van der Waals surface area contributed by atoms with Crippen LogP contribution >= 0.6 is 11.3 Å². The van der Waals surface area contributed by atoms with Gasteiger partial charge in [-0.25, -0.2) is 0 Å². The van der Waals surface area contributed by atoms with Gasteiger partial charge in [-0.2, -0.15) is 0 Å². The smallest absolute Gasteiger partial charge is 0.304 e. The maximum absolute atomic E-state index is 11.0. The quantitative estimate of drug-likeness (QED) is 0.867. The number of H-pyrrole nitrogens is 1. The van der Waals surface area contributed by atoms with Gasteiger partial charge in [0.1, 0.15) is 0 Å². The molecule has 2 nitrogen and oxygen atoms in total. The first-order valence-electron chi connectivity index (χ1n) is 5.42. The van der Waals surface area contributed by atoms with E-state index < -0.39 is 0 Å². The van der Waals surface area contributed by atoms with Crippen molar-refractivity contribution in [1.82, 2.24) is 4.98 Å². The molecule has 0 aliphatic carbocycles. The molecule has 1 N–H and O–H groups in total. The number of rotatable bonds is 3. The molecule has 1 aromatic heterocycles. The molecule has 0 aliphatic heterocycles. The standard InChI is InChI=1S/C13H15NOS/c1-9(2)7-10-3-5-11(6-4-10)12-8-16-13(15)14-12/h3-6,8-9H,7H2,1-2H3,(H,14,15). The normalized spacial score (nSPS) is 10.9. The Morgan fingerprint density at radius 1 is 1.25 bits per heavy atom. The van der Waals surface area contributed by atoms with Crippen LogP contribution < -0.4 is 4.87 Å². The van der Waals surface area contributed by atoms with Crippen LogP contribution in [0.1, 0.15) is 19.4 Å². The highest BCUT2D eigenvalue weighted by Crippen LogP contribution is 2.18. The van der Waals surface area contributed by atoms with Crippen molar-refractivity contribution in [3.8, 4) is 11.3 Å². The Hall–Kier alpha value is -1.35. The van der Waals surface area contributed by atoms with Crippen LogP contribution in [0.5, 0.6) is 0 Å². The molecule has 2 aromatic rings. The first kappa shape index (κ1) is 11.1. The summed E-state index contributed by atoms with van der Waals surface area (Å²) in [5.74, 6) is 0.673. The monoisotopic (exact) mass is 233 g/mol. The van der Waals surface area contributed by atoms with Crippen molar-refractivity contribution in [2.75, 3.05) is 0 Å². The second-order valence-electron chi connectivity index (χ2n) is 4.36. The molecule has 0 amide bonds. The van der Waals surface area contributed by atoms with Crippen LogP contribution in [0.2, 0.25) is 0 Å². The van der Waals surface area contributed by atoms with Crippen LogP contribution in [0.4, 0.5) is 0 Å². The topological polar surface area (TPSA) is 32.9 Å². The second-order valence-corrected chi connectivity index (χ2v) is 5.20. The van der Waals surface area contributed by atoms with Crippen molar-refractivity contribution in [2.24, 2.45) is 5.92 Å². The summed E-state index contributed by atoms with van der Waals surface area (Å²) in [6.07, 6.45) is 1.10. The van der Waals surface area contributed by atoms with Gasteiger partial charge in [0.05, 0.1) is 5.69 Å². The fourth-order valence-corrected chi connectivity index (χ4v) is 2.30. The molecule has 16 heavy (non-hydrogen) atoms. The van der Waals surface area contributed by atoms with E-state index in [-0.39, 0.29) is 4.87 Å². The zero-order chi connectivity index (χ0) is 11.5. The van der Waals surface area contributed by atoms with E-state index in [9.17, 15) is 4.79 Å². The molecule has 2 rings (SSSR count). The fourth-order valence-electron chi connectivity index (χ4n) is 1.71. The summed E-state index contributed by atoms with van der Waals surface area (Å²) in [5, 5.41) is 1.86. The zero-order valence-corrected chi connectivity index (χ0v) is 10.3. The van der Waals surface area contributed by atoms with Gasteiger partial charge in [-0.3, -0.25) is 4.79 Å². The lowest BCUT2D eigenvalue weighted by atomic mass is 10.0. The average Bonchev–Trinajstić information content (AvgIpc) is 2.65. The number of aromatic amines is 1. The highest BCUT2D eigenvalue weighted by molar-refractivity contribution is 7.07. The van der Waals surface area contributed by atoms with E-state index in [0.29, 0.717) is 5.92 Å². The third kappa shape index (κ3) is 2.61. The number of aromatic nitrogens is 1. The first-order valence-corrected chi connectivity index (χ1v) is 6.30. The number of hydrogen-bond donors (Lipinski definition) is 1. The first-order chi connectivity index (χ1) is 7.65. The van der Waals surface area contributed by atoms with Crippen molar-refractivity contribution in [3.63, 3.8) is 0 Å². The molecular formula is C13H15NOS. The van der Waals surface area contributed by atoms with Crippen molar-refractivity contribution < 1.29 is 0 Å². The highest BCUT2D eigenvalue weighted by Gasteiger charge is 2.01. The SMILES string of the molecule is CC(C)Cc1ccc(-c2csc(=O)[nH]2)cc1. The molecular weight excluding hydrogens is 218 g/mol. The van der Waals surface area contributed by atoms with Gasteiger partial charge in [0.25, 0.3) is 0 Å². The van der Waals surface area contributed by atoms with Gasteiger partial charge in [0.2, 0.25) is 0 Å². The minimum atomic E-state index is 0.00116. The summed E-state index contributed by atoms with van der Waals surface area (Å²) in [7, 11) is 0. The molecule has 1 aromatic carbocycles. The van der Waals surface area contributed by atoms with E-state index in [1.54, 1.807) is 0 Å². The lowest BCUT2D eigenvalue weighted by Crippen LogP contribution is -1.94. The maximum atomic E-state index is 11.0. The van der Waals surface area contributed by atoms with Crippen LogP contribution in [0.3, 0.4) is 0 Å². The van der Waals surface area contributed by atoms with Gasteiger partial charge in [-0.15, -0.1) is 0 Å². The summed E-state index contributed by atoms with van der Waals surface area (Å²) < 4.78 is 0. The van der Waals surface area contributed by atoms with Crippen molar-refractivity contribution in [3.05, 3.63) is 44.9 Å². The molecule has 1 heterocycles. The summed E-state index contributed by atoms with van der Waals surface area (Å²) >= 11 is 1.20. The van der Waals surface area contributed by atoms with E-state index in [0.717, 1.165) is 17.7 Å². The van der Waals surface area contributed by atoms with Gasteiger partial charge < -0.3 is 4.98 Å². The van der Waals surface area contributed by atoms with E-state index in [1.807, 2.05) is 5.38 Å². The lowest BCUT2D eigenvalue weighted by Gasteiger charge is -2.05. The third-order valence-electron chi connectivity index (χ3n) is 2.43. The average molecular weight is 233 g/mol. The molecule has 0 bridgehead atoms. The van der Waals surface area contributed by atoms with E-state index in [1.165, 1.54) is 16.9 Å². The number of thiazole rings is 1.